The first-order valence-electron chi connectivity index (χ1n) is 5.63. The summed E-state index contributed by atoms with van der Waals surface area (Å²) in [5.41, 5.74) is 11.3. The molecule has 0 unspecified atom stereocenters. The summed E-state index contributed by atoms with van der Waals surface area (Å²) < 4.78 is 0. The Bertz CT molecular complexity index is 520. The predicted molar refractivity (Wildman–Crippen MR) is 76.8 cm³/mol. The molecule has 0 saturated heterocycles. The van der Waals surface area contributed by atoms with Crippen molar-refractivity contribution >= 4 is 22.5 Å². The molecular weight excluding hydrogens is 246 g/mol. The molecule has 92 valence electrons. The van der Waals surface area contributed by atoms with Crippen LogP contribution in [0.15, 0.2) is 59.7 Å². The van der Waals surface area contributed by atoms with Gasteiger partial charge in [0.25, 0.3) is 0 Å². The fourth-order valence-electron chi connectivity index (χ4n) is 1.47. The normalized spacial score (nSPS) is 11.3. The Hall–Kier alpha value is -1.84. The van der Waals surface area contributed by atoms with E-state index in [1.54, 1.807) is 0 Å². The molecule has 0 aliphatic carbocycles. The minimum atomic E-state index is 0.419. The summed E-state index contributed by atoms with van der Waals surface area (Å²) in [7, 11) is 0. The number of nitrogens with two attached hydrogens (primary N) is 1. The van der Waals surface area contributed by atoms with E-state index in [4.69, 9.17) is 17.3 Å². The summed E-state index contributed by atoms with van der Waals surface area (Å²) in [6, 6.07) is 17.3. The van der Waals surface area contributed by atoms with E-state index in [2.05, 4.69) is 10.5 Å². The standard InChI is InChI=1S/C14H14ClN3/c15-14(12-8-6-11(10-16)7-9-12)18-17-13-4-2-1-3-5-13/h1-9,17H,10,16H2. The Kier molecular flexibility index (Phi) is 4.34. The number of hydrazone groups is 1. The second kappa shape index (κ2) is 6.19. The van der Waals surface area contributed by atoms with Crippen molar-refractivity contribution in [3.05, 3.63) is 65.7 Å². The van der Waals surface area contributed by atoms with Crippen LogP contribution in [-0.4, -0.2) is 5.17 Å². The van der Waals surface area contributed by atoms with Crippen molar-refractivity contribution in [2.45, 2.75) is 6.54 Å². The maximum Gasteiger partial charge on any atom is 0.156 e. The average Bonchev–Trinajstić information content (AvgIpc) is 2.46. The molecule has 0 aliphatic rings. The number of halogens is 1. The van der Waals surface area contributed by atoms with Gasteiger partial charge in [-0.3, -0.25) is 5.43 Å². The van der Waals surface area contributed by atoms with Gasteiger partial charge >= 0.3 is 0 Å². The van der Waals surface area contributed by atoms with Crippen molar-refractivity contribution in [3.8, 4) is 0 Å². The van der Waals surface area contributed by atoms with E-state index in [0.29, 0.717) is 11.7 Å². The average molecular weight is 260 g/mol. The SMILES string of the molecule is NCc1ccc(C(Cl)=NNc2ccccc2)cc1. The number of nitrogens with zero attached hydrogens (tertiary/aromatic N) is 1. The monoisotopic (exact) mass is 259 g/mol. The number of rotatable bonds is 4. The third kappa shape index (κ3) is 3.32. The van der Waals surface area contributed by atoms with Crippen LogP contribution in [0.5, 0.6) is 0 Å². The first-order chi connectivity index (χ1) is 8.79. The van der Waals surface area contributed by atoms with Gasteiger partial charge in [0.1, 0.15) is 0 Å². The van der Waals surface area contributed by atoms with Crippen molar-refractivity contribution in [2.24, 2.45) is 10.8 Å². The number of nitrogens with one attached hydrogen (secondary N) is 1. The van der Waals surface area contributed by atoms with Gasteiger partial charge in [-0.25, -0.2) is 0 Å². The highest BCUT2D eigenvalue weighted by molar-refractivity contribution is 6.69. The van der Waals surface area contributed by atoms with Crippen LogP contribution in [0, 0.1) is 0 Å². The van der Waals surface area contributed by atoms with Crippen molar-refractivity contribution < 1.29 is 0 Å². The van der Waals surface area contributed by atoms with Crippen LogP contribution in [0.4, 0.5) is 5.69 Å². The lowest BCUT2D eigenvalue weighted by Crippen LogP contribution is -1.99. The van der Waals surface area contributed by atoms with Gasteiger partial charge in [0.05, 0.1) is 5.69 Å². The molecule has 2 aromatic carbocycles. The van der Waals surface area contributed by atoms with Gasteiger partial charge in [0, 0.05) is 12.1 Å². The second-order valence-corrected chi connectivity index (χ2v) is 4.14. The Labute approximate surface area is 111 Å². The number of hydrogen-bond acceptors (Lipinski definition) is 3. The zero-order valence-electron chi connectivity index (χ0n) is 9.81. The molecule has 4 heteroatoms. The summed E-state index contributed by atoms with van der Waals surface area (Å²) in [6.07, 6.45) is 0. The van der Waals surface area contributed by atoms with Gasteiger partial charge in [-0.2, -0.15) is 5.10 Å². The van der Waals surface area contributed by atoms with E-state index in [1.807, 2.05) is 54.6 Å². The van der Waals surface area contributed by atoms with Crippen LogP contribution in [0.1, 0.15) is 11.1 Å². The van der Waals surface area contributed by atoms with Crippen LogP contribution in [0.2, 0.25) is 0 Å². The van der Waals surface area contributed by atoms with Crippen molar-refractivity contribution in [3.63, 3.8) is 0 Å². The first kappa shape index (κ1) is 12.6. The van der Waals surface area contributed by atoms with E-state index in [1.165, 1.54) is 0 Å². The third-order valence-electron chi connectivity index (χ3n) is 2.48. The molecule has 0 radical (unpaired) electrons. The quantitative estimate of drug-likeness (QED) is 0.655. The van der Waals surface area contributed by atoms with Gasteiger partial charge in [-0.15, -0.1) is 0 Å². The number of para-hydroxylation sites is 1. The molecule has 0 amide bonds. The molecule has 2 rings (SSSR count). The molecule has 18 heavy (non-hydrogen) atoms. The molecule has 0 atom stereocenters. The van der Waals surface area contributed by atoms with E-state index in [9.17, 15) is 0 Å². The molecule has 0 bridgehead atoms. The molecule has 0 saturated carbocycles. The van der Waals surface area contributed by atoms with Gasteiger partial charge in [-0.1, -0.05) is 54.1 Å². The van der Waals surface area contributed by atoms with Gasteiger partial charge in [0.2, 0.25) is 0 Å². The minimum Gasteiger partial charge on any atom is -0.326 e. The van der Waals surface area contributed by atoms with E-state index >= 15 is 0 Å². The third-order valence-corrected chi connectivity index (χ3v) is 2.79. The zero-order valence-corrected chi connectivity index (χ0v) is 10.6. The highest BCUT2D eigenvalue weighted by Crippen LogP contribution is 2.10. The number of hydrogen-bond donors (Lipinski definition) is 2. The molecule has 0 aromatic heterocycles. The highest BCUT2D eigenvalue weighted by atomic mass is 35.5. The lowest BCUT2D eigenvalue weighted by molar-refractivity contribution is 1.07. The Morgan fingerprint density at radius 2 is 1.72 bits per heavy atom. The Morgan fingerprint density at radius 1 is 1.06 bits per heavy atom. The van der Waals surface area contributed by atoms with Gasteiger partial charge in [0.15, 0.2) is 5.17 Å². The fourth-order valence-corrected chi connectivity index (χ4v) is 1.64. The Morgan fingerprint density at radius 3 is 2.33 bits per heavy atom. The van der Waals surface area contributed by atoms with Crippen LogP contribution in [-0.2, 0) is 6.54 Å². The number of benzene rings is 2. The lowest BCUT2D eigenvalue weighted by Gasteiger charge is -2.03. The minimum absolute atomic E-state index is 0.419. The van der Waals surface area contributed by atoms with Crippen LogP contribution in [0.3, 0.4) is 0 Å². The van der Waals surface area contributed by atoms with E-state index in [-0.39, 0.29) is 0 Å². The summed E-state index contributed by atoms with van der Waals surface area (Å²) in [6.45, 7) is 0.525. The Balaban J connectivity index is 2.08. The maximum absolute atomic E-state index is 6.11. The molecule has 0 aliphatic heterocycles. The molecule has 0 spiro atoms. The number of anilines is 1. The molecule has 0 fully saturated rings. The maximum atomic E-state index is 6.11. The topological polar surface area (TPSA) is 50.4 Å². The fraction of sp³-hybridized carbons (Fsp3) is 0.0714. The summed E-state index contributed by atoms with van der Waals surface area (Å²) in [4.78, 5) is 0. The van der Waals surface area contributed by atoms with Crippen LogP contribution in [0.25, 0.3) is 0 Å². The highest BCUT2D eigenvalue weighted by Gasteiger charge is 1.99. The van der Waals surface area contributed by atoms with Crippen LogP contribution >= 0.6 is 11.6 Å². The molecule has 3 nitrogen and oxygen atoms in total. The van der Waals surface area contributed by atoms with E-state index in [0.717, 1.165) is 16.8 Å². The van der Waals surface area contributed by atoms with Crippen molar-refractivity contribution in [1.82, 2.24) is 0 Å². The van der Waals surface area contributed by atoms with Gasteiger partial charge in [-0.05, 0) is 17.7 Å². The second-order valence-electron chi connectivity index (χ2n) is 3.78. The summed E-state index contributed by atoms with van der Waals surface area (Å²) >= 11 is 6.11. The van der Waals surface area contributed by atoms with E-state index < -0.39 is 0 Å². The van der Waals surface area contributed by atoms with Crippen molar-refractivity contribution in [2.75, 3.05) is 5.43 Å². The van der Waals surface area contributed by atoms with Crippen molar-refractivity contribution in [1.29, 1.82) is 0 Å². The molecular formula is C14H14ClN3. The van der Waals surface area contributed by atoms with Gasteiger partial charge < -0.3 is 5.73 Å². The molecule has 2 aromatic rings. The van der Waals surface area contributed by atoms with Crippen LogP contribution < -0.4 is 11.2 Å². The predicted octanol–water partition coefficient (Wildman–Crippen LogP) is 3.16. The smallest absolute Gasteiger partial charge is 0.156 e. The zero-order chi connectivity index (χ0) is 12.8. The molecule has 3 N–H and O–H groups in total. The lowest BCUT2D eigenvalue weighted by atomic mass is 10.1. The largest absolute Gasteiger partial charge is 0.326 e. The summed E-state index contributed by atoms with van der Waals surface area (Å²) in [5, 5.41) is 4.54. The molecule has 0 heterocycles. The summed E-state index contributed by atoms with van der Waals surface area (Å²) in [5.74, 6) is 0. The first-order valence-corrected chi connectivity index (χ1v) is 6.01.